The Morgan fingerprint density at radius 2 is 2.14 bits per heavy atom. The molecule has 0 amide bonds. The minimum Gasteiger partial charge on any atom is -0.465 e. The van der Waals surface area contributed by atoms with Crippen LogP contribution in [0.25, 0.3) is 0 Å². The summed E-state index contributed by atoms with van der Waals surface area (Å²) in [6.45, 7) is 2.66. The number of aromatic nitrogens is 2. The number of nitrogens with zero attached hydrogens (tertiary/aromatic N) is 2. The van der Waals surface area contributed by atoms with Gasteiger partial charge in [0.15, 0.2) is 0 Å². The predicted octanol–water partition coefficient (Wildman–Crippen LogP) is 2.47. The summed E-state index contributed by atoms with van der Waals surface area (Å²) in [6, 6.07) is 6.63. The van der Waals surface area contributed by atoms with Crippen molar-refractivity contribution in [1.29, 1.82) is 0 Å². The SMILES string of the molecule is CCOC(=O)[C@H](NCc1cnn(C)c1)c1ccc(Cl)cc1. The van der Waals surface area contributed by atoms with Crippen LogP contribution in [0, 0.1) is 0 Å². The molecular formula is C15H18ClN3O2. The third-order valence-electron chi connectivity index (χ3n) is 2.99. The Hall–Kier alpha value is -1.85. The number of ether oxygens (including phenoxy) is 1. The molecule has 0 fully saturated rings. The van der Waals surface area contributed by atoms with E-state index in [0.29, 0.717) is 18.2 Å². The number of rotatable bonds is 6. The molecule has 0 saturated carbocycles. The summed E-state index contributed by atoms with van der Waals surface area (Å²) in [5, 5.41) is 7.93. The number of nitrogens with one attached hydrogen (secondary N) is 1. The number of halogens is 1. The monoisotopic (exact) mass is 307 g/mol. The predicted molar refractivity (Wildman–Crippen MR) is 80.9 cm³/mol. The molecule has 0 aliphatic rings. The average molecular weight is 308 g/mol. The number of hydrogen-bond donors (Lipinski definition) is 1. The van der Waals surface area contributed by atoms with Crippen LogP contribution in [0.3, 0.4) is 0 Å². The van der Waals surface area contributed by atoms with Gasteiger partial charge in [0.2, 0.25) is 0 Å². The molecule has 1 aromatic heterocycles. The fourth-order valence-electron chi connectivity index (χ4n) is 2.00. The maximum atomic E-state index is 12.1. The summed E-state index contributed by atoms with van der Waals surface area (Å²) < 4.78 is 6.85. The van der Waals surface area contributed by atoms with Crippen LogP contribution >= 0.6 is 11.6 Å². The van der Waals surface area contributed by atoms with Crippen LogP contribution in [-0.4, -0.2) is 22.4 Å². The molecule has 5 nitrogen and oxygen atoms in total. The zero-order chi connectivity index (χ0) is 15.2. The third kappa shape index (κ3) is 4.31. The second-order valence-electron chi connectivity index (χ2n) is 4.64. The van der Waals surface area contributed by atoms with Gasteiger partial charge in [-0.1, -0.05) is 23.7 Å². The summed E-state index contributed by atoms with van der Waals surface area (Å²) in [4.78, 5) is 12.1. The highest BCUT2D eigenvalue weighted by Gasteiger charge is 2.21. The molecule has 112 valence electrons. The van der Waals surface area contributed by atoms with E-state index in [2.05, 4.69) is 10.4 Å². The van der Waals surface area contributed by atoms with E-state index >= 15 is 0 Å². The van der Waals surface area contributed by atoms with Crippen molar-refractivity contribution in [2.75, 3.05) is 6.61 Å². The molecule has 0 bridgehead atoms. The Morgan fingerprint density at radius 1 is 1.43 bits per heavy atom. The van der Waals surface area contributed by atoms with Crippen LogP contribution in [0.15, 0.2) is 36.7 Å². The van der Waals surface area contributed by atoms with E-state index in [0.717, 1.165) is 11.1 Å². The lowest BCUT2D eigenvalue weighted by Crippen LogP contribution is -2.29. The Kier molecular flexibility index (Phi) is 5.36. The molecule has 1 atom stereocenters. The Labute approximate surface area is 128 Å². The van der Waals surface area contributed by atoms with Crippen LogP contribution in [-0.2, 0) is 23.1 Å². The minimum absolute atomic E-state index is 0.302. The van der Waals surface area contributed by atoms with Crippen molar-refractivity contribution in [2.24, 2.45) is 7.05 Å². The second kappa shape index (κ2) is 7.24. The van der Waals surface area contributed by atoms with Crippen LogP contribution in [0.2, 0.25) is 5.02 Å². The quantitative estimate of drug-likeness (QED) is 0.833. The summed E-state index contributed by atoms with van der Waals surface area (Å²) >= 11 is 5.89. The van der Waals surface area contributed by atoms with Gasteiger partial charge in [-0.15, -0.1) is 0 Å². The van der Waals surface area contributed by atoms with Crippen molar-refractivity contribution in [3.8, 4) is 0 Å². The highest BCUT2D eigenvalue weighted by Crippen LogP contribution is 2.18. The van der Waals surface area contributed by atoms with Gasteiger partial charge in [-0.2, -0.15) is 5.10 Å². The first-order chi connectivity index (χ1) is 10.1. The fraction of sp³-hybridized carbons (Fsp3) is 0.333. The van der Waals surface area contributed by atoms with Crippen molar-refractivity contribution in [3.63, 3.8) is 0 Å². The van der Waals surface area contributed by atoms with E-state index in [1.165, 1.54) is 0 Å². The molecule has 0 saturated heterocycles. The first-order valence-electron chi connectivity index (χ1n) is 6.73. The van der Waals surface area contributed by atoms with Crippen LogP contribution in [0.4, 0.5) is 0 Å². The van der Waals surface area contributed by atoms with Gasteiger partial charge in [-0.3, -0.25) is 10.00 Å². The molecule has 0 aliphatic heterocycles. The maximum absolute atomic E-state index is 12.1. The van der Waals surface area contributed by atoms with Gasteiger partial charge >= 0.3 is 5.97 Å². The fourth-order valence-corrected chi connectivity index (χ4v) is 2.13. The average Bonchev–Trinajstić information content (AvgIpc) is 2.87. The van der Waals surface area contributed by atoms with Gasteiger partial charge < -0.3 is 4.74 Å². The number of esters is 1. The molecule has 0 unspecified atom stereocenters. The van der Waals surface area contributed by atoms with Crippen molar-refractivity contribution in [3.05, 3.63) is 52.8 Å². The molecule has 0 aliphatic carbocycles. The molecule has 1 heterocycles. The van der Waals surface area contributed by atoms with Gasteiger partial charge in [0.25, 0.3) is 0 Å². The van der Waals surface area contributed by atoms with E-state index in [1.54, 1.807) is 29.9 Å². The number of benzene rings is 1. The number of carbonyl (C=O) groups excluding carboxylic acids is 1. The first kappa shape index (κ1) is 15.5. The minimum atomic E-state index is -0.526. The molecule has 0 radical (unpaired) electrons. The van der Waals surface area contributed by atoms with Crippen LogP contribution in [0.5, 0.6) is 0 Å². The maximum Gasteiger partial charge on any atom is 0.327 e. The lowest BCUT2D eigenvalue weighted by Gasteiger charge is -2.17. The van der Waals surface area contributed by atoms with Gasteiger partial charge in [-0.25, -0.2) is 4.79 Å². The second-order valence-corrected chi connectivity index (χ2v) is 5.08. The standard InChI is InChI=1S/C15H18ClN3O2/c1-3-21-15(20)14(12-4-6-13(16)7-5-12)17-8-11-9-18-19(2)10-11/h4-7,9-10,14,17H,3,8H2,1-2H3/t14-/m1/s1. The van der Waals surface area contributed by atoms with E-state index in [1.807, 2.05) is 25.4 Å². The van der Waals surface area contributed by atoms with E-state index in [9.17, 15) is 4.79 Å². The molecule has 21 heavy (non-hydrogen) atoms. The zero-order valence-electron chi connectivity index (χ0n) is 12.0. The number of hydrogen-bond acceptors (Lipinski definition) is 4. The molecule has 2 rings (SSSR count). The lowest BCUT2D eigenvalue weighted by molar-refractivity contribution is -0.145. The molecule has 6 heteroatoms. The highest BCUT2D eigenvalue weighted by molar-refractivity contribution is 6.30. The molecule has 1 N–H and O–H groups in total. The van der Waals surface area contributed by atoms with Crippen molar-refractivity contribution in [2.45, 2.75) is 19.5 Å². The number of carbonyl (C=O) groups is 1. The summed E-state index contributed by atoms with van der Waals surface area (Å²) in [5.74, 6) is -0.302. The van der Waals surface area contributed by atoms with E-state index < -0.39 is 6.04 Å². The van der Waals surface area contributed by atoms with Gasteiger partial charge in [-0.05, 0) is 24.6 Å². The van der Waals surface area contributed by atoms with Gasteiger partial charge in [0.05, 0.1) is 12.8 Å². The Balaban J connectivity index is 2.11. The van der Waals surface area contributed by atoms with E-state index in [4.69, 9.17) is 16.3 Å². The summed E-state index contributed by atoms with van der Waals surface area (Å²) in [7, 11) is 1.85. The van der Waals surface area contributed by atoms with Gasteiger partial charge in [0.1, 0.15) is 6.04 Å². The topological polar surface area (TPSA) is 56.1 Å². The van der Waals surface area contributed by atoms with Crippen molar-refractivity contribution < 1.29 is 9.53 Å². The van der Waals surface area contributed by atoms with Crippen LogP contribution < -0.4 is 5.32 Å². The van der Waals surface area contributed by atoms with E-state index in [-0.39, 0.29) is 5.97 Å². The lowest BCUT2D eigenvalue weighted by atomic mass is 10.1. The molecule has 1 aromatic carbocycles. The molecule has 0 spiro atoms. The largest absolute Gasteiger partial charge is 0.465 e. The Morgan fingerprint density at radius 3 is 2.71 bits per heavy atom. The zero-order valence-corrected chi connectivity index (χ0v) is 12.8. The first-order valence-corrected chi connectivity index (χ1v) is 7.11. The molecular weight excluding hydrogens is 290 g/mol. The highest BCUT2D eigenvalue weighted by atomic mass is 35.5. The van der Waals surface area contributed by atoms with Crippen LogP contribution in [0.1, 0.15) is 24.1 Å². The molecule has 2 aromatic rings. The normalized spacial score (nSPS) is 12.1. The summed E-state index contributed by atoms with van der Waals surface area (Å²) in [6.07, 6.45) is 3.66. The third-order valence-corrected chi connectivity index (χ3v) is 3.25. The Bertz CT molecular complexity index is 595. The van der Waals surface area contributed by atoms with Gasteiger partial charge in [0, 0.05) is 30.4 Å². The van der Waals surface area contributed by atoms with Crippen molar-refractivity contribution >= 4 is 17.6 Å². The van der Waals surface area contributed by atoms with Crippen molar-refractivity contribution in [1.82, 2.24) is 15.1 Å². The smallest absolute Gasteiger partial charge is 0.327 e. The number of aryl methyl sites for hydroxylation is 1. The summed E-state index contributed by atoms with van der Waals surface area (Å²) in [5.41, 5.74) is 1.82.